The second-order valence-electron chi connectivity index (χ2n) is 7.08. The number of ketones is 1. The van der Waals surface area contributed by atoms with E-state index >= 15 is 0 Å². The van der Waals surface area contributed by atoms with Gasteiger partial charge in [0.05, 0.1) is 19.2 Å². The van der Waals surface area contributed by atoms with Gasteiger partial charge in [0.25, 0.3) is 11.7 Å². The van der Waals surface area contributed by atoms with Gasteiger partial charge in [0.1, 0.15) is 6.61 Å². The van der Waals surface area contributed by atoms with Crippen LogP contribution in [0.3, 0.4) is 0 Å². The molecule has 0 N–H and O–H groups in total. The summed E-state index contributed by atoms with van der Waals surface area (Å²) in [4.78, 5) is 27.1. The van der Waals surface area contributed by atoms with Crippen molar-refractivity contribution in [2.75, 3.05) is 26.8 Å². The summed E-state index contributed by atoms with van der Waals surface area (Å²) in [6.45, 7) is 2.28. The number of carbonyl (C=O) groups excluding carboxylic acids is 2. The lowest BCUT2D eigenvalue weighted by molar-refractivity contribution is -0.125. The van der Waals surface area contributed by atoms with Crippen LogP contribution in [0, 0.1) is 0 Å². The maximum atomic E-state index is 12.9. The van der Waals surface area contributed by atoms with Crippen molar-refractivity contribution >= 4 is 22.6 Å². The first-order valence-corrected chi connectivity index (χ1v) is 9.86. The minimum Gasteiger partial charge on any atom is -0.493 e. The Hall–Kier alpha value is -3.28. The standard InChI is InChI=1S/C23H24N2O4/c1-28-20-10-4-5-11-21(20)29-15-14-25-16-18(17-8-2-3-9-19(17)25)22(26)23(27)24-12-6-7-13-24/h2-5,8-11,16H,6-7,12-15H2,1H3. The Kier molecular flexibility index (Phi) is 5.51. The highest BCUT2D eigenvalue weighted by Crippen LogP contribution is 2.26. The first-order chi connectivity index (χ1) is 14.2. The van der Waals surface area contributed by atoms with Crippen molar-refractivity contribution in [2.45, 2.75) is 19.4 Å². The highest BCUT2D eigenvalue weighted by molar-refractivity contribution is 6.44. The molecule has 6 heteroatoms. The number of ether oxygens (including phenoxy) is 2. The van der Waals surface area contributed by atoms with Crippen LogP contribution in [0.5, 0.6) is 11.5 Å². The third-order valence-electron chi connectivity index (χ3n) is 5.28. The predicted molar refractivity (Wildman–Crippen MR) is 111 cm³/mol. The lowest BCUT2D eigenvalue weighted by Gasteiger charge is -2.13. The Balaban J connectivity index is 1.54. The SMILES string of the molecule is COc1ccccc1OCCn1cc(C(=O)C(=O)N2CCCC2)c2ccccc21. The zero-order chi connectivity index (χ0) is 20.2. The second-order valence-corrected chi connectivity index (χ2v) is 7.08. The number of likely N-dealkylation sites (tertiary alicyclic amines) is 1. The summed E-state index contributed by atoms with van der Waals surface area (Å²) < 4.78 is 13.2. The molecule has 29 heavy (non-hydrogen) atoms. The number of aromatic nitrogens is 1. The van der Waals surface area contributed by atoms with E-state index in [4.69, 9.17) is 9.47 Å². The number of para-hydroxylation sites is 3. The van der Waals surface area contributed by atoms with Gasteiger partial charge in [-0.3, -0.25) is 9.59 Å². The van der Waals surface area contributed by atoms with Crippen molar-refractivity contribution in [3.63, 3.8) is 0 Å². The molecule has 0 spiro atoms. The summed E-state index contributed by atoms with van der Waals surface area (Å²) in [6, 6.07) is 15.1. The van der Waals surface area contributed by atoms with Gasteiger partial charge in [-0.1, -0.05) is 30.3 Å². The van der Waals surface area contributed by atoms with E-state index in [2.05, 4.69) is 0 Å². The summed E-state index contributed by atoms with van der Waals surface area (Å²) in [5, 5.41) is 0.794. The number of fused-ring (bicyclic) bond motifs is 1. The molecule has 0 bridgehead atoms. The molecule has 0 unspecified atom stereocenters. The number of nitrogens with zero attached hydrogens (tertiary/aromatic N) is 2. The average Bonchev–Trinajstić information content (AvgIpc) is 3.42. The topological polar surface area (TPSA) is 60.8 Å². The number of carbonyl (C=O) groups is 2. The zero-order valence-corrected chi connectivity index (χ0v) is 16.5. The number of hydrogen-bond donors (Lipinski definition) is 0. The average molecular weight is 392 g/mol. The van der Waals surface area contributed by atoms with Crippen LogP contribution in [0.1, 0.15) is 23.2 Å². The van der Waals surface area contributed by atoms with Gasteiger partial charge in [-0.15, -0.1) is 0 Å². The quantitative estimate of drug-likeness (QED) is 0.456. The van der Waals surface area contributed by atoms with Crippen molar-refractivity contribution in [1.82, 2.24) is 9.47 Å². The number of methoxy groups -OCH3 is 1. The molecule has 2 heterocycles. The summed E-state index contributed by atoms with van der Waals surface area (Å²) in [5.74, 6) is 0.507. The summed E-state index contributed by atoms with van der Waals surface area (Å²) in [5.41, 5.74) is 1.36. The fraction of sp³-hybridized carbons (Fsp3) is 0.304. The summed E-state index contributed by atoms with van der Waals surface area (Å²) in [6.07, 6.45) is 3.69. The predicted octanol–water partition coefficient (Wildman–Crippen LogP) is 3.53. The number of Topliss-reactive ketones (excluding diaryl/α,β-unsaturated/α-hetero) is 1. The van der Waals surface area contributed by atoms with E-state index in [0.29, 0.717) is 43.3 Å². The minimum absolute atomic E-state index is 0.407. The Morgan fingerprint density at radius 1 is 0.966 bits per heavy atom. The van der Waals surface area contributed by atoms with E-state index in [9.17, 15) is 9.59 Å². The van der Waals surface area contributed by atoms with E-state index in [-0.39, 0.29) is 0 Å². The van der Waals surface area contributed by atoms with Crippen molar-refractivity contribution in [3.8, 4) is 11.5 Å². The molecule has 1 fully saturated rings. The third-order valence-corrected chi connectivity index (χ3v) is 5.28. The molecule has 3 aromatic rings. The normalized spacial score (nSPS) is 13.6. The van der Waals surface area contributed by atoms with Crippen LogP contribution in [0.15, 0.2) is 54.7 Å². The van der Waals surface area contributed by atoms with Crippen LogP contribution >= 0.6 is 0 Å². The van der Waals surface area contributed by atoms with Gasteiger partial charge in [-0.2, -0.15) is 0 Å². The first kappa shape index (κ1) is 19.1. The van der Waals surface area contributed by atoms with Gasteiger partial charge in [-0.25, -0.2) is 0 Å². The number of benzene rings is 2. The monoisotopic (exact) mass is 392 g/mol. The zero-order valence-electron chi connectivity index (χ0n) is 16.5. The third kappa shape index (κ3) is 3.83. The smallest absolute Gasteiger partial charge is 0.295 e. The molecule has 0 saturated carbocycles. The molecule has 1 saturated heterocycles. The van der Waals surface area contributed by atoms with E-state index in [1.807, 2.05) is 53.1 Å². The van der Waals surface area contributed by atoms with Gasteiger partial charge < -0.3 is 18.9 Å². The molecule has 0 atom stereocenters. The molecule has 150 valence electrons. The molecule has 2 aromatic carbocycles. The minimum atomic E-state index is -0.438. The molecule has 1 aliphatic heterocycles. The highest BCUT2D eigenvalue weighted by atomic mass is 16.5. The second kappa shape index (κ2) is 8.39. The van der Waals surface area contributed by atoms with Crippen LogP contribution < -0.4 is 9.47 Å². The van der Waals surface area contributed by atoms with E-state index in [1.54, 1.807) is 18.2 Å². The van der Waals surface area contributed by atoms with Crippen LogP contribution in [-0.4, -0.2) is 48.0 Å². The van der Waals surface area contributed by atoms with Gasteiger partial charge in [0.15, 0.2) is 11.5 Å². The largest absolute Gasteiger partial charge is 0.493 e. The number of amides is 1. The van der Waals surface area contributed by atoms with Gasteiger partial charge in [-0.05, 0) is 31.0 Å². The molecule has 4 rings (SSSR count). The van der Waals surface area contributed by atoms with Crippen molar-refractivity contribution < 1.29 is 19.1 Å². The lowest BCUT2D eigenvalue weighted by Crippen LogP contribution is -2.34. The van der Waals surface area contributed by atoms with E-state index < -0.39 is 11.7 Å². The molecule has 1 aromatic heterocycles. The summed E-state index contributed by atoms with van der Waals surface area (Å²) >= 11 is 0. The molecular weight excluding hydrogens is 368 g/mol. The van der Waals surface area contributed by atoms with Crippen LogP contribution in [0.2, 0.25) is 0 Å². The number of hydrogen-bond acceptors (Lipinski definition) is 4. The van der Waals surface area contributed by atoms with Crippen LogP contribution in [0.25, 0.3) is 10.9 Å². The van der Waals surface area contributed by atoms with Crippen molar-refractivity contribution in [1.29, 1.82) is 0 Å². The van der Waals surface area contributed by atoms with E-state index in [1.165, 1.54) is 0 Å². The Bertz CT molecular complexity index is 1030. The maximum absolute atomic E-state index is 12.9. The van der Waals surface area contributed by atoms with Crippen molar-refractivity contribution in [2.24, 2.45) is 0 Å². The summed E-state index contributed by atoms with van der Waals surface area (Å²) in [7, 11) is 1.61. The van der Waals surface area contributed by atoms with E-state index in [0.717, 1.165) is 23.7 Å². The van der Waals surface area contributed by atoms with Crippen LogP contribution in [-0.2, 0) is 11.3 Å². The Morgan fingerprint density at radius 3 is 2.41 bits per heavy atom. The first-order valence-electron chi connectivity index (χ1n) is 9.86. The Morgan fingerprint density at radius 2 is 1.66 bits per heavy atom. The van der Waals surface area contributed by atoms with Gasteiger partial charge in [0.2, 0.25) is 0 Å². The van der Waals surface area contributed by atoms with Gasteiger partial charge in [0, 0.05) is 30.2 Å². The molecule has 0 radical (unpaired) electrons. The van der Waals surface area contributed by atoms with Gasteiger partial charge >= 0.3 is 0 Å². The maximum Gasteiger partial charge on any atom is 0.295 e. The molecule has 1 aliphatic rings. The lowest BCUT2D eigenvalue weighted by atomic mass is 10.1. The van der Waals surface area contributed by atoms with Crippen LogP contribution in [0.4, 0.5) is 0 Å². The molecule has 0 aliphatic carbocycles. The Labute approximate surface area is 169 Å². The molecular formula is C23H24N2O4. The molecule has 1 amide bonds. The fourth-order valence-electron chi connectivity index (χ4n) is 3.78. The fourth-order valence-corrected chi connectivity index (χ4v) is 3.78. The highest BCUT2D eigenvalue weighted by Gasteiger charge is 2.27. The molecule has 6 nitrogen and oxygen atoms in total. The van der Waals surface area contributed by atoms with Crippen molar-refractivity contribution in [3.05, 3.63) is 60.3 Å². The number of rotatable bonds is 7.